The highest BCUT2D eigenvalue weighted by molar-refractivity contribution is 7.08. The predicted octanol–water partition coefficient (Wildman–Crippen LogP) is 2.24. The maximum absolute atomic E-state index is 3.37. The molecular weight excluding hydrogens is 204 g/mol. The van der Waals surface area contributed by atoms with Crippen molar-refractivity contribution in [1.82, 2.24) is 10.2 Å². The van der Waals surface area contributed by atoms with Gasteiger partial charge in [-0.1, -0.05) is 0 Å². The molecule has 15 heavy (non-hydrogen) atoms. The van der Waals surface area contributed by atoms with Gasteiger partial charge in [-0.3, -0.25) is 4.90 Å². The van der Waals surface area contributed by atoms with E-state index < -0.39 is 0 Å². The van der Waals surface area contributed by atoms with Crippen molar-refractivity contribution in [3.05, 3.63) is 21.9 Å². The van der Waals surface area contributed by atoms with Gasteiger partial charge in [0.05, 0.1) is 0 Å². The lowest BCUT2D eigenvalue weighted by atomic mass is 10.0. The van der Waals surface area contributed by atoms with E-state index in [0.717, 1.165) is 12.6 Å². The molecule has 1 fully saturated rings. The van der Waals surface area contributed by atoms with E-state index in [9.17, 15) is 0 Å². The molecule has 1 aromatic heterocycles. The first-order valence-electron chi connectivity index (χ1n) is 5.71. The lowest BCUT2D eigenvalue weighted by Gasteiger charge is -2.31. The molecule has 0 aliphatic carbocycles. The summed E-state index contributed by atoms with van der Waals surface area (Å²) in [6.07, 6.45) is 2.58. The first-order chi connectivity index (χ1) is 7.29. The van der Waals surface area contributed by atoms with Crippen molar-refractivity contribution in [3.63, 3.8) is 0 Å². The van der Waals surface area contributed by atoms with Gasteiger partial charge in [0.15, 0.2) is 0 Å². The topological polar surface area (TPSA) is 15.3 Å². The highest BCUT2D eigenvalue weighted by Gasteiger charge is 2.18. The Bertz CT molecular complexity index is 300. The molecule has 1 aliphatic rings. The second kappa shape index (κ2) is 5.10. The largest absolute Gasteiger partial charge is 0.317 e. The predicted molar refractivity (Wildman–Crippen MR) is 66.4 cm³/mol. The van der Waals surface area contributed by atoms with E-state index in [4.69, 9.17) is 0 Å². The van der Waals surface area contributed by atoms with Crippen LogP contribution in [0.2, 0.25) is 0 Å². The van der Waals surface area contributed by atoms with E-state index in [-0.39, 0.29) is 0 Å². The molecule has 0 atom stereocenters. The van der Waals surface area contributed by atoms with Crippen LogP contribution in [0.4, 0.5) is 0 Å². The van der Waals surface area contributed by atoms with Gasteiger partial charge in [0.1, 0.15) is 0 Å². The minimum Gasteiger partial charge on any atom is -0.317 e. The Morgan fingerprint density at radius 2 is 2.13 bits per heavy atom. The Morgan fingerprint density at radius 3 is 2.67 bits per heavy atom. The second-order valence-corrected chi connectivity index (χ2v) is 5.16. The number of piperidine rings is 1. The number of likely N-dealkylation sites (tertiary alicyclic amines) is 1. The van der Waals surface area contributed by atoms with E-state index in [1.807, 2.05) is 11.3 Å². The lowest BCUT2D eigenvalue weighted by molar-refractivity contribution is 0.194. The van der Waals surface area contributed by atoms with Crippen molar-refractivity contribution in [2.45, 2.75) is 32.4 Å². The molecule has 1 aromatic rings. The Morgan fingerprint density at radius 1 is 1.40 bits per heavy atom. The highest BCUT2D eigenvalue weighted by Crippen LogP contribution is 2.18. The molecule has 1 aliphatic heterocycles. The van der Waals surface area contributed by atoms with Crippen LogP contribution in [0.5, 0.6) is 0 Å². The van der Waals surface area contributed by atoms with Gasteiger partial charge < -0.3 is 5.32 Å². The van der Waals surface area contributed by atoms with Crippen LogP contribution < -0.4 is 5.32 Å². The summed E-state index contributed by atoms with van der Waals surface area (Å²) in [6.45, 7) is 5.83. The normalized spacial score (nSPS) is 19.6. The maximum Gasteiger partial charge on any atom is 0.0244 e. The summed E-state index contributed by atoms with van der Waals surface area (Å²) in [7, 11) is 2.07. The smallest absolute Gasteiger partial charge is 0.0244 e. The molecule has 1 saturated heterocycles. The van der Waals surface area contributed by atoms with Crippen LogP contribution >= 0.6 is 11.3 Å². The molecule has 0 aromatic carbocycles. The van der Waals surface area contributed by atoms with E-state index in [1.165, 1.54) is 37.1 Å². The first-order valence-corrected chi connectivity index (χ1v) is 6.65. The molecule has 2 heterocycles. The van der Waals surface area contributed by atoms with Gasteiger partial charge in [0.2, 0.25) is 0 Å². The molecule has 0 bridgehead atoms. The first kappa shape index (κ1) is 11.1. The molecule has 0 unspecified atom stereocenters. The molecule has 2 nitrogen and oxygen atoms in total. The summed E-state index contributed by atoms with van der Waals surface area (Å²) < 4.78 is 0. The lowest BCUT2D eigenvalue weighted by Crippen LogP contribution is -2.40. The van der Waals surface area contributed by atoms with Crippen LogP contribution in [-0.4, -0.2) is 31.1 Å². The molecule has 0 spiro atoms. The van der Waals surface area contributed by atoms with E-state index in [2.05, 4.69) is 34.9 Å². The SMILES string of the molecule is CNC1CCN(Cc2cscc2C)CC1. The fourth-order valence-corrected chi connectivity index (χ4v) is 3.02. The quantitative estimate of drug-likeness (QED) is 0.847. The fourth-order valence-electron chi connectivity index (χ4n) is 2.17. The number of nitrogens with zero attached hydrogens (tertiary/aromatic N) is 1. The van der Waals surface area contributed by atoms with Gasteiger partial charge in [0.25, 0.3) is 0 Å². The van der Waals surface area contributed by atoms with E-state index in [0.29, 0.717) is 0 Å². The van der Waals surface area contributed by atoms with Crippen LogP contribution in [0.25, 0.3) is 0 Å². The molecule has 2 rings (SSSR count). The van der Waals surface area contributed by atoms with Crippen LogP contribution in [0, 0.1) is 6.92 Å². The third-order valence-corrected chi connectivity index (χ3v) is 4.26. The van der Waals surface area contributed by atoms with Crippen molar-refractivity contribution < 1.29 is 0 Å². The van der Waals surface area contributed by atoms with Gasteiger partial charge in [-0.05, 0) is 61.8 Å². The summed E-state index contributed by atoms with van der Waals surface area (Å²) in [5.74, 6) is 0. The Kier molecular flexibility index (Phi) is 3.78. The zero-order valence-electron chi connectivity index (χ0n) is 9.62. The number of hydrogen-bond donors (Lipinski definition) is 1. The zero-order valence-corrected chi connectivity index (χ0v) is 10.4. The van der Waals surface area contributed by atoms with Crippen molar-refractivity contribution in [2.24, 2.45) is 0 Å². The van der Waals surface area contributed by atoms with Gasteiger partial charge in [-0.25, -0.2) is 0 Å². The van der Waals surface area contributed by atoms with Gasteiger partial charge in [-0.2, -0.15) is 11.3 Å². The van der Waals surface area contributed by atoms with Crippen molar-refractivity contribution in [3.8, 4) is 0 Å². The minimum absolute atomic E-state index is 0.741. The molecule has 1 N–H and O–H groups in total. The summed E-state index contributed by atoms with van der Waals surface area (Å²) >= 11 is 1.82. The molecule has 0 radical (unpaired) electrons. The maximum atomic E-state index is 3.37. The van der Waals surface area contributed by atoms with Crippen LogP contribution in [-0.2, 0) is 6.54 Å². The van der Waals surface area contributed by atoms with Crippen molar-refractivity contribution in [1.29, 1.82) is 0 Å². The average Bonchev–Trinajstić information content (AvgIpc) is 2.66. The third-order valence-electron chi connectivity index (χ3n) is 3.35. The number of nitrogens with one attached hydrogen (secondary N) is 1. The minimum atomic E-state index is 0.741. The summed E-state index contributed by atoms with van der Waals surface area (Å²) in [5, 5.41) is 7.91. The monoisotopic (exact) mass is 224 g/mol. The number of hydrogen-bond acceptors (Lipinski definition) is 3. The second-order valence-electron chi connectivity index (χ2n) is 4.42. The van der Waals surface area contributed by atoms with Crippen molar-refractivity contribution >= 4 is 11.3 Å². The van der Waals surface area contributed by atoms with Gasteiger partial charge in [0, 0.05) is 12.6 Å². The number of rotatable bonds is 3. The Balaban J connectivity index is 1.85. The van der Waals surface area contributed by atoms with Crippen LogP contribution in [0.1, 0.15) is 24.0 Å². The molecular formula is C12H20N2S. The molecule has 0 amide bonds. The van der Waals surface area contributed by atoms with Crippen LogP contribution in [0.3, 0.4) is 0 Å². The Hall–Kier alpha value is -0.380. The average molecular weight is 224 g/mol. The van der Waals surface area contributed by atoms with E-state index >= 15 is 0 Å². The third kappa shape index (κ3) is 2.80. The number of thiophene rings is 1. The number of aryl methyl sites for hydroxylation is 1. The molecule has 0 saturated carbocycles. The zero-order chi connectivity index (χ0) is 10.7. The highest BCUT2D eigenvalue weighted by atomic mass is 32.1. The van der Waals surface area contributed by atoms with Gasteiger partial charge in [-0.15, -0.1) is 0 Å². The molecule has 84 valence electrons. The fraction of sp³-hybridized carbons (Fsp3) is 0.667. The standard InChI is InChI=1S/C12H20N2S/c1-10-8-15-9-11(10)7-14-5-3-12(13-2)4-6-14/h8-9,12-13H,3-7H2,1-2H3. The summed E-state index contributed by atoms with van der Waals surface area (Å²) in [6, 6.07) is 0.741. The van der Waals surface area contributed by atoms with Crippen molar-refractivity contribution in [2.75, 3.05) is 20.1 Å². The van der Waals surface area contributed by atoms with Gasteiger partial charge >= 0.3 is 0 Å². The van der Waals surface area contributed by atoms with E-state index in [1.54, 1.807) is 0 Å². The van der Waals surface area contributed by atoms with Crippen LogP contribution in [0.15, 0.2) is 10.8 Å². The molecule has 3 heteroatoms. The summed E-state index contributed by atoms with van der Waals surface area (Å²) in [5.41, 5.74) is 2.97. The Labute approximate surface area is 96.3 Å². The summed E-state index contributed by atoms with van der Waals surface area (Å²) in [4.78, 5) is 2.57.